The van der Waals surface area contributed by atoms with Gasteiger partial charge in [-0.2, -0.15) is 0 Å². The predicted octanol–water partition coefficient (Wildman–Crippen LogP) is 2.27. The Hall–Kier alpha value is -2.59. The average Bonchev–Trinajstić information content (AvgIpc) is 3.19. The van der Waals surface area contributed by atoms with Crippen LogP contribution in [0.5, 0.6) is 0 Å². The zero-order valence-corrected chi connectivity index (χ0v) is 15.8. The summed E-state index contributed by atoms with van der Waals surface area (Å²) in [5.41, 5.74) is 0.511. The topological polar surface area (TPSA) is 91.4 Å². The maximum Gasteiger partial charge on any atom is 0.240 e. The van der Waals surface area contributed by atoms with Crippen molar-refractivity contribution in [3.63, 3.8) is 0 Å². The molecule has 150 valence electrons. The van der Waals surface area contributed by atoms with Crippen molar-refractivity contribution in [1.29, 1.82) is 0 Å². The van der Waals surface area contributed by atoms with Crippen molar-refractivity contribution < 1.29 is 22.0 Å². The van der Waals surface area contributed by atoms with Gasteiger partial charge >= 0.3 is 0 Å². The van der Waals surface area contributed by atoms with Gasteiger partial charge in [0.2, 0.25) is 15.9 Å². The Bertz CT molecular complexity index is 946. The van der Waals surface area contributed by atoms with Crippen molar-refractivity contribution in [2.75, 3.05) is 29.9 Å². The quantitative estimate of drug-likeness (QED) is 0.731. The number of carbonyl (C=O) groups is 1. The molecule has 0 aliphatic carbocycles. The molecule has 1 aliphatic rings. The van der Waals surface area contributed by atoms with Gasteiger partial charge in [-0.3, -0.25) is 4.79 Å². The van der Waals surface area contributed by atoms with E-state index in [0.717, 1.165) is 43.9 Å². The lowest BCUT2D eigenvalue weighted by molar-refractivity contribution is -0.116. The molecule has 0 atom stereocenters. The number of hydrogen-bond donors (Lipinski definition) is 2. The van der Waals surface area contributed by atoms with Crippen molar-refractivity contribution in [3.8, 4) is 0 Å². The highest BCUT2D eigenvalue weighted by atomic mass is 32.2. The molecule has 0 spiro atoms. The third-order valence-corrected chi connectivity index (χ3v) is 5.77. The average molecular weight is 410 g/mol. The molecular weight excluding hydrogens is 390 g/mol. The van der Waals surface area contributed by atoms with Crippen molar-refractivity contribution in [3.05, 3.63) is 48.2 Å². The number of benzene rings is 1. The van der Waals surface area contributed by atoms with E-state index in [-0.39, 0.29) is 13.0 Å². The van der Waals surface area contributed by atoms with Crippen LogP contribution < -0.4 is 14.9 Å². The number of carbonyl (C=O) groups excluding carboxylic acids is 1. The van der Waals surface area contributed by atoms with Gasteiger partial charge in [0.15, 0.2) is 11.6 Å². The zero-order valence-electron chi connectivity index (χ0n) is 15.0. The van der Waals surface area contributed by atoms with Gasteiger partial charge in [-0.05, 0) is 43.2 Å². The minimum atomic E-state index is -4.04. The van der Waals surface area contributed by atoms with Crippen LogP contribution in [0.2, 0.25) is 0 Å². The summed E-state index contributed by atoms with van der Waals surface area (Å²) in [6, 6.07) is 5.84. The number of sulfonamides is 1. The van der Waals surface area contributed by atoms with Gasteiger partial charge in [0.05, 0.1) is 16.8 Å². The standard InChI is InChI=1S/C18H20F2N4O3S/c19-15-5-4-14(11-16(15)20)28(26,27)22-8-7-18(25)23-13-3-6-17(21-12-13)24-9-1-2-10-24/h3-6,11-12,22H,1-2,7-10H2,(H,23,25). The summed E-state index contributed by atoms with van der Waals surface area (Å²) >= 11 is 0. The molecule has 0 saturated carbocycles. The van der Waals surface area contributed by atoms with Crippen molar-refractivity contribution >= 4 is 27.4 Å². The molecule has 2 N–H and O–H groups in total. The van der Waals surface area contributed by atoms with Crippen LogP contribution in [0.4, 0.5) is 20.3 Å². The van der Waals surface area contributed by atoms with E-state index in [9.17, 15) is 22.0 Å². The molecule has 1 aliphatic heterocycles. The van der Waals surface area contributed by atoms with E-state index in [0.29, 0.717) is 11.8 Å². The van der Waals surface area contributed by atoms with Gasteiger partial charge in [0.1, 0.15) is 5.82 Å². The molecule has 1 aromatic carbocycles. The van der Waals surface area contributed by atoms with Crippen LogP contribution >= 0.6 is 0 Å². The van der Waals surface area contributed by atoms with E-state index in [1.165, 1.54) is 0 Å². The number of nitrogens with zero attached hydrogens (tertiary/aromatic N) is 2. The normalized spacial score (nSPS) is 14.3. The maximum absolute atomic E-state index is 13.2. The smallest absolute Gasteiger partial charge is 0.240 e. The molecule has 1 amide bonds. The largest absolute Gasteiger partial charge is 0.357 e. The van der Waals surface area contributed by atoms with Crippen LogP contribution in [-0.4, -0.2) is 38.9 Å². The second kappa shape index (κ2) is 8.61. The van der Waals surface area contributed by atoms with E-state index >= 15 is 0 Å². The lowest BCUT2D eigenvalue weighted by Crippen LogP contribution is -2.28. The summed E-state index contributed by atoms with van der Waals surface area (Å²) in [4.78, 5) is 18.1. The number of pyridine rings is 1. The molecule has 28 heavy (non-hydrogen) atoms. The first-order chi connectivity index (χ1) is 13.3. The van der Waals surface area contributed by atoms with Crippen LogP contribution in [0, 0.1) is 11.6 Å². The Morgan fingerprint density at radius 1 is 1.11 bits per heavy atom. The summed E-state index contributed by atoms with van der Waals surface area (Å²) in [5, 5.41) is 2.64. The molecule has 2 aromatic rings. The zero-order chi connectivity index (χ0) is 20.1. The Balaban J connectivity index is 1.49. The summed E-state index contributed by atoms with van der Waals surface area (Å²) in [7, 11) is -4.04. The summed E-state index contributed by atoms with van der Waals surface area (Å²) in [6.45, 7) is 1.75. The SMILES string of the molecule is O=C(CCNS(=O)(=O)c1ccc(F)c(F)c1)Nc1ccc(N2CCCC2)nc1. The number of nitrogens with one attached hydrogen (secondary N) is 2. The first kappa shape index (κ1) is 20.2. The molecule has 1 fully saturated rings. The number of amides is 1. The fraction of sp³-hybridized carbons (Fsp3) is 0.333. The van der Waals surface area contributed by atoms with Crippen LogP contribution in [0.25, 0.3) is 0 Å². The predicted molar refractivity (Wildman–Crippen MR) is 100 cm³/mol. The number of halogens is 2. The van der Waals surface area contributed by atoms with E-state index in [1.54, 1.807) is 12.3 Å². The molecule has 10 heteroatoms. The highest BCUT2D eigenvalue weighted by Crippen LogP contribution is 2.19. The fourth-order valence-electron chi connectivity index (χ4n) is 2.84. The van der Waals surface area contributed by atoms with Gasteiger partial charge in [-0.15, -0.1) is 0 Å². The molecule has 0 radical (unpaired) electrons. The summed E-state index contributed by atoms with van der Waals surface area (Å²) in [5.74, 6) is -1.94. The van der Waals surface area contributed by atoms with Gasteiger partial charge in [-0.25, -0.2) is 26.9 Å². The minimum absolute atomic E-state index is 0.128. The van der Waals surface area contributed by atoms with Gasteiger partial charge in [0.25, 0.3) is 0 Å². The van der Waals surface area contributed by atoms with Crippen LogP contribution in [-0.2, 0) is 14.8 Å². The molecule has 2 heterocycles. The lowest BCUT2D eigenvalue weighted by Gasteiger charge is -2.16. The van der Waals surface area contributed by atoms with Gasteiger partial charge in [-0.1, -0.05) is 0 Å². The number of rotatable bonds is 7. The van der Waals surface area contributed by atoms with Crippen LogP contribution in [0.3, 0.4) is 0 Å². The fourth-order valence-corrected chi connectivity index (χ4v) is 3.89. The maximum atomic E-state index is 13.2. The molecule has 0 bridgehead atoms. The minimum Gasteiger partial charge on any atom is -0.357 e. The van der Waals surface area contributed by atoms with Crippen LogP contribution in [0.15, 0.2) is 41.4 Å². The van der Waals surface area contributed by atoms with E-state index in [1.807, 2.05) is 6.07 Å². The van der Waals surface area contributed by atoms with Crippen molar-refractivity contribution in [2.24, 2.45) is 0 Å². The molecule has 0 unspecified atom stereocenters. The molecule has 3 rings (SSSR count). The van der Waals surface area contributed by atoms with E-state index in [2.05, 4.69) is 19.9 Å². The van der Waals surface area contributed by atoms with E-state index in [4.69, 9.17) is 0 Å². The van der Waals surface area contributed by atoms with E-state index < -0.39 is 32.5 Å². The van der Waals surface area contributed by atoms with Crippen molar-refractivity contribution in [1.82, 2.24) is 9.71 Å². The molecule has 1 aromatic heterocycles. The summed E-state index contributed by atoms with van der Waals surface area (Å²) in [6.07, 6.45) is 3.70. The first-order valence-electron chi connectivity index (χ1n) is 8.81. The number of hydrogen-bond acceptors (Lipinski definition) is 5. The molecule has 1 saturated heterocycles. The molecule has 7 nitrogen and oxygen atoms in total. The Morgan fingerprint density at radius 2 is 1.86 bits per heavy atom. The Morgan fingerprint density at radius 3 is 2.50 bits per heavy atom. The van der Waals surface area contributed by atoms with Crippen molar-refractivity contribution in [2.45, 2.75) is 24.2 Å². The number of aromatic nitrogens is 1. The van der Waals surface area contributed by atoms with Gasteiger partial charge < -0.3 is 10.2 Å². The number of anilines is 2. The summed E-state index contributed by atoms with van der Waals surface area (Å²) < 4.78 is 52.4. The Kier molecular flexibility index (Phi) is 6.20. The second-order valence-corrected chi connectivity index (χ2v) is 8.14. The molecular formula is C18H20F2N4O3S. The lowest BCUT2D eigenvalue weighted by atomic mass is 10.3. The van der Waals surface area contributed by atoms with Gasteiger partial charge in [0, 0.05) is 26.1 Å². The van der Waals surface area contributed by atoms with Crippen LogP contribution in [0.1, 0.15) is 19.3 Å². The highest BCUT2D eigenvalue weighted by Gasteiger charge is 2.17. The Labute approximate surface area is 161 Å². The monoisotopic (exact) mass is 410 g/mol. The first-order valence-corrected chi connectivity index (χ1v) is 10.3. The third-order valence-electron chi connectivity index (χ3n) is 4.31. The second-order valence-electron chi connectivity index (χ2n) is 6.37. The third kappa shape index (κ3) is 5.02. The highest BCUT2D eigenvalue weighted by molar-refractivity contribution is 7.89.